The molecule has 0 saturated heterocycles. The Kier molecular flexibility index (Phi) is 79.1. The van der Waals surface area contributed by atoms with E-state index in [1.54, 1.807) is 0 Å². The summed E-state index contributed by atoms with van der Waals surface area (Å²) in [7, 11) is -9.83. The summed E-state index contributed by atoms with van der Waals surface area (Å²) in [6, 6.07) is 0. The molecule has 0 aromatic carbocycles. The normalized spacial score (nSPS) is 14.9. The predicted octanol–water partition coefficient (Wildman–Crippen LogP) is 25.7. The highest BCUT2D eigenvalue weighted by atomic mass is 31.2. The zero-order valence-electron chi connectivity index (χ0n) is 68.8. The number of hydrogen-bond acceptors (Lipinski definition) is 14. The number of aliphatic hydroxyl groups excluding tert-OH is 2. The number of esters is 3. The van der Waals surface area contributed by atoms with E-state index in [0.717, 1.165) is 205 Å². The van der Waals surface area contributed by atoms with Gasteiger partial charge in [-0.25, -0.2) is 9.13 Å². The van der Waals surface area contributed by atoms with Gasteiger partial charge in [0.2, 0.25) is 0 Å². The molecular formula is C93H150O16P2. The smallest absolute Gasteiger partial charge is 0.463 e. The fourth-order valence-corrected chi connectivity index (χ4v) is 12.2. The molecule has 0 radical (unpaired) electrons. The van der Waals surface area contributed by atoms with Gasteiger partial charge in [0.25, 0.3) is 0 Å². The summed E-state index contributed by atoms with van der Waals surface area (Å²) >= 11 is 0. The number of aliphatic hydroxyl groups is 2. The van der Waals surface area contributed by atoms with Crippen molar-refractivity contribution in [2.45, 2.75) is 322 Å². The molecule has 628 valence electrons. The Hall–Kier alpha value is -5.87. The van der Waals surface area contributed by atoms with Gasteiger partial charge in [-0.05, 0) is 167 Å². The molecule has 0 rings (SSSR count). The third-order valence-electron chi connectivity index (χ3n) is 17.0. The molecule has 0 fully saturated rings. The Morgan fingerprint density at radius 1 is 0.252 bits per heavy atom. The van der Waals surface area contributed by atoms with Crippen LogP contribution in [0.1, 0.15) is 303 Å². The Bertz CT molecular complexity index is 2850. The zero-order valence-corrected chi connectivity index (χ0v) is 70.6. The second-order valence-electron chi connectivity index (χ2n) is 27.5. The fraction of sp³-hybridized carbons (Fsp3) is 0.602. The van der Waals surface area contributed by atoms with Gasteiger partial charge in [-0.3, -0.25) is 32.5 Å². The largest absolute Gasteiger partial charge is 0.472 e. The van der Waals surface area contributed by atoms with E-state index in [2.05, 4.69) is 227 Å². The highest BCUT2D eigenvalue weighted by molar-refractivity contribution is 7.47. The standard InChI is InChI=1S/C93H150O16P2/c1-4-7-10-13-16-19-22-25-28-31-34-37-40-42-43-45-48-49-52-55-58-61-64-67-70-73-76-79-91(96)103-82-88(94)83-105-110(99,100)106-84-89(95)85-107-111(101,102)108-87-90(109-93(98)81-78-75-72-69-66-63-60-57-54-51-46-39-36-33-30-27-24-21-18-15-12-9-6-3)86-104-92(97)80-77-74-71-68-65-62-59-56-53-50-47-44-41-38-35-32-29-26-23-20-17-14-11-8-5-2/h7-12,16-21,25-30,34-39,42-44,47,51,53-54,56,60,63,88-90,94-95H,4-6,13-15,22-24,31-33,40-41,45-46,48-50,52,55,57-59,61-62,64-87H2,1-3H3,(H,99,100)(H,101,102)/b10-7-,11-8-,12-9-,19-16-,20-17-,21-18-,28-25-,29-26-,30-27-,37-34-,38-35-,39-36-,43-42-,47-44-,54-51-,56-53-,63-60-. The topological polar surface area (TPSA) is 231 Å². The molecule has 0 aliphatic rings. The van der Waals surface area contributed by atoms with Crippen molar-refractivity contribution >= 4 is 33.6 Å². The van der Waals surface area contributed by atoms with Crippen molar-refractivity contribution in [1.29, 1.82) is 0 Å². The number of rotatable bonds is 78. The molecule has 111 heavy (non-hydrogen) atoms. The van der Waals surface area contributed by atoms with Gasteiger partial charge < -0.3 is 34.2 Å². The lowest BCUT2D eigenvalue weighted by molar-refractivity contribution is -0.161. The van der Waals surface area contributed by atoms with Gasteiger partial charge >= 0.3 is 33.6 Å². The highest BCUT2D eigenvalue weighted by Gasteiger charge is 2.29. The number of phosphoric ester groups is 2. The summed E-state index contributed by atoms with van der Waals surface area (Å²) in [5, 5.41) is 20.7. The van der Waals surface area contributed by atoms with E-state index >= 15 is 0 Å². The number of allylic oxidation sites excluding steroid dienone is 34. The van der Waals surface area contributed by atoms with Crippen LogP contribution >= 0.6 is 15.6 Å². The van der Waals surface area contributed by atoms with E-state index < -0.39 is 91.5 Å². The van der Waals surface area contributed by atoms with E-state index in [0.29, 0.717) is 19.3 Å². The average Bonchev–Trinajstić information content (AvgIpc) is 0.898. The summed E-state index contributed by atoms with van der Waals surface area (Å²) in [4.78, 5) is 58.9. The van der Waals surface area contributed by atoms with Crippen LogP contribution in [-0.4, -0.2) is 95.9 Å². The molecule has 0 saturated carbocycles. The molecule has 0 amide bonds. The summed E-state index contributed by atoms with van der Waals surface area (Å²) < 4.78 is 61.3. The molecule has 16 nitrogen and oxygen atoms in total. The maximum absolute atomic E-state index is 13.0. The third kappa shape index (κ3) is 84.9. The first-order chi connectivity index (χ1) is 54.2. The highest BCUT2D eigenvalue weighted by Crippen LogP contribution is 2.45. The number of carbonyl (C=O) groups excluding carboxylic acids is 3. The van der Waals surface area contributed by atoms with Crippen LogP contribution in [0.3, 0.4) is 0 Å². The van der Waals surface area contributed by atoms with E-state index in [1.165, 1.54) is 38.5 Å². The molecule has 4 N–H and O–H groups in total. The van der Waals surface area contributed by atoms with Crippen LogP contribution in [0.15, 0.2) is 207 Å². The predicted molar refractivity (Wildman–Crippen MR) is 463 cm³/mol. The molecule has 18 heteroatoms. The van der Waals surface area contributed by atoms with Crippen molar-refractivity contribution in [3.63, 3.8) is 0 Å². The zero-order chi connectivity index (χ0) is 80.8. The van der Waals surface area contributed by atoms with Crippen LogP contribution < -0.4 is 0 Å². The first-order valence-corrected chi connectivity index (χ1v) is 45.4. The fourth-order valence-electron chi connectivity index (χ4n) is 10.7. The minimum absolute atomic E-state index is 0.0620. The minimum Gasteiger partial charge on any atom is -0.463 e. The number of phosphoric acid groups is 2. The molecule has 0 aliphatic heterocycles. The molecule has 0 heterocycles. The summed E-state index contributed by atoms with van der Waals surface area (Å²) in [6.07, 6.45) is 111. The molecule has 5 atom stereocenters. The monoisotopic (exact) mass is 1590 g/mol. The van der Waals surface area contributed by atoms with Crippen LogP contribution in [-0.2, 0) is 55.8 Å². The second kappa shape index (κ2) is 83.6. The van der Waals surface area contributed by atoms with Crippen molar-refractivity contribution in [3.05, 3.63) is 207 Å². The Morgan fingerprint density at radius 3 is 0.712 bits per heavy atom. The molecule has 0 aromatic heterocycles. The van der Waals surface area contributed by atoms with Gasteiger partial charge in [0.15, 0.2) is 6.10 Å². The maximum atomic E-state index is 13.0. The summed E-state index contributed by atoms with van der Waals surface area (Å²) in [5.74, 6) is -1.64. The molecule has 0 aliphatic carbocycles. The molecule has 0 spiro atoms. The lowest BCUT2D eigenvalue weighted by atomic mass is 10.0. The van der Waals surface area contributed by atoms with Crippen molar-refractivity contribution in [3.8, 4) is 0 Å². The lowest BCUT2D eigenvalue weighted by Crippen LogP contribution is -2.30. The van der Waals surface area contributed by atoms with Crippen LogP contribution in [0, 0.1) is 0 Å². The summed E-state index contributed by atoms with van der Waals surface area (Å²) in [5.41, 5.74) is 0. The van der Waals surface area contributed by atoms with Crippen LogP contribution in [0.25, 0.3) is 0 Å². The van der Waals surface area contributed by atoms with Crippen molar-refractivity contribution < 1.29 is 75.8 Å². The van der Waals surface area contributed by atoms with Crippen LogP contribution in [0.4, 0.5) is 0 Å². The number of ether oxygens (including phenoxy) is 3. The Balaban J connectivity index is 4.74. The first-order valence-electron chi connectivity index (χ1n) is 42.4. The average molecular weight is 1590 g/mol. The van der Waals surface area contributed by atoms with Gasteiger partial charge in [-0.2, -0.15) is 0 Å². The SMILES string of the molecule is CC/C=C\C/C=C\C/C=C\C/C=C\C/C=C\C/C=C\CCCCCCCCC(=O)OCC(COP(=O)(O)OCC(O)COP(=O)(O)OCC(O)COC(=O)CCCCCCCCCCCCC/C=C\C/C=C\C/C=C\C/C=C\C/C=C\CC)OC(=O)CCCCCC/C=C\C/C=C\C/C=C\C/C=C\C/C=C\C/C=C\CC. The molecular weight excluding hydrogens is 1430 g/mol. The maximum Gasteiger partial charge on any atom is 0.472 e. The lowest BCUT2D eigenvalue weighted by Gasteiger charge is -2.21. The molecule has 5 unspecified atom stereocenters. The Labute approximate surface area is 673 Å². The number of unbranched alkanes of at least 4 members (excludes halogenated alkanes) is 21. The van der Waals surface area contributed by atoms with Gasteiger partial charge in [0, 0.05) is 19.3 Å². The quantitative estimate of drug-likeness (QED) is 0.0146. The van der Waals surface area contributed by atoms with Crippen molar-refractivity contribution in [2.24, 2.45) is 0 Å². The molecule has 0 aromatic rings. The summed E-state index contributed by atoms with van der Waals surface area (Å²) in [6.45, 7) is 2.28. The molecule has 0 bridgehead atoms. The minimum atomic E-state index is -4.96. The van der Waals surface area contributed by atoms with Crippen LogP contribution in [0.5, 0.6) is 0 Å². The van der Waals surface area contributed by atoms with E-state index in [1.807, 2.05) is 0 Å². The van der Waals surface area contributed by atoms with Crippen LogP contribution in [0.2, 0.25) is 0 Å². The number of carbonyl (C=O) groups is 3. The van der Waals surface area contributed by atoms with Gasteiger partial charge in [-0.1, -0.05) is 324 Å². The van der Waals surface area contributed by atoms with Gasteiger partial charge in [0.1, 0.15) is 25.4 Å². The first kappa shape index (κ1) is 105. The van der Waals surface area contributed by atoms with Gasteiger partial charge in [-0.15, -0.1) is 0 Å². The van der Waals surface area contributed by atoms with E-state index in [4.69, 9.17) is 32.3 Å². The number of hydrogen-bond donors (Lipinski definition) is 4. The Morgan fingerprint density at radius 2 is 0.450 bits per heavy atom. The van der Waals surface area contributed by atoms with Gasteiger partial charge in [0.05, 0.1) is 26.4 Å². The van der Waals surface area contributed by atoms with E-state index in [-0.39, 0.29) is 19.3 Å². The van der Waals surface area contributed by atoms with Crippen molar-refractivity contribution in [2.75, 3.05) is 39.6 Å². The second-order valence-corrected chi connectivity index (χ2v) is 30.4. The van der Waals surface area contributed by atoms with E-state index in [9.17, 15) is 43.5 Å². The third-order valence-corrected chi connectivity index (χ3v) is 18.9. The van der Waals surface area contributed by atoms with Crippen molar-refractivity contribution in [1.82, 2.24) is 0 Å².